The minimum atomic E-state index is 0.880. The fourth-order valence-corrected chi connectivity index (χ4v) is 6.68. The molecule has 44 heavy (non-hydrogen) atoms. The van der Waals surface area contributed by atoms with Crippen LogP contribution < -0.4 is 10.6 Å². The molecule has 0 amide bonds. The normalized spacial score (nSPS) is 12.7. The van der Waals surface area contributed by atoms with Gasteiger partial charge >= 0.3 is 0 Å². The van der Waals surface area contributed by atoms with Crippen LogP contribution in [0.1, 0.15) is 12.8 Å². The minimum Gasteiger partial charge on any atom is -0.307 e. The van der Waals surface area contributed by atoms with Gasteiger partial charge in [0.15, 0.2) is 0 Å². The highest BCUT2D eigenvalue weighted by Gasteiger charge is 2.23. The first-order valence-corrected chi connectivity index (χ1v) is 14.9. The predicted octanol–water partition coefficient (Wildman–Crippen LogP) is 7.00. The maximum atomic E-state index is 5.11. The van der Waals surface area contributed by atoms with Crippen molar-refractivity contribution in [3.8, 4) is 33.6 Å². The van der Waals surface area contributed by atoms with E-state index >= 15 is 0 Å². The molecule has 1 aliphatic rings. The summed E-state index contributed by atoms with van der Waals surface area (Å²) in [6, 6.07) is 29.7. The topological polar surface area (TPSA) is 61.4 Å². The number of nitrogens with zero attached hydrogens (tertiary/aromatic N) is 6. The van der Waals surface area contributed by atoms with Gasteiger partial charge in [0.25, 0.3) is 0 Å². The van der Waals surface area contributed by atoms with Gasteiger partial charge in [0.05, 0.1) is 16.6 Å². The van der Waals surface area contributed by atoms with E-state index in [2.05, 4.69) is 98.0 Å². The van der Waals surface area contributed by atoms with Crippen LogP contribution in [0.25, 0.3) is 78.8 Å². The van der Waals surface area contributed by atoms with E-state index in [1.165, 1.54) is 10.6 Å². The number of hydrogen-bond donors (Lipinski definition) is 0. The van der Waals surface area contributed by atoms with E-state index in [-0.39, 0.29) is 0 Å². The van der Waals surface area contributed by atoms with Crippen LogP contribution in [0.5, 0.6) is 0 Å². The van der Waals surface area contributed by atoms with Crippen molar-refractivity contribution >= 4 is 45.1 Å². The second kappa shape index (κ2) is 9.85. The molecule has 0 saturated heterocycles. The molecule has 0 atom stereocenters. The predicted molar refractivity (Wildman–Crippen MR) is 177 cm³/mol. The lowest BCUT2D eigenvalue weighted by Gasteiger charge is -2.15. The van der Waals surface area contributed by atoms with E-state index in [9.17, 15) is 0 Å². The van der Waals surface area contributed by atoms with Crippen LogP contribution in [0.3, 0.4) is 0 Å². The molecule has 0 radical (unpaired) electrons. The SMILES string of the molecule is C1=c2c(n(-c3ccccc3)c3c2cnc2c4ncccc4n(-c4cc(-c5cccnc5)cc(-c5cccnc5)c4)c23)=CCC1. The largest absolute Gasteiger partial charge is 0.307 e. The zero-order valence-corrected chi connectivity index (χ0v) is 23.8. The molecule has 0 bridgehead atoms. The van der Waals surface area contributed by atoms with Crippen molar-refractivity contribution in [2.45, 2.75) is 12.8 Å². The van der Waals surface area contributed by atoms with E-state index < -0.39 is 0 Å². The molecule has 0 spiro atoms. The number of pyridine rings is 4. The lowest BCUT2D eigenvalue weighted by Crippen LogP contribution is -2.30. The highest BCUT2D eigenvalue weighted by Crippen LogP contribution is 2.37. The van der Waals surface area contributed by atoms with Crippen LogP contribution in [0.15, 0.2) is 122 Å². The zero-order valence-electron chi connectivity index (χ0n) is 23.8. The zero-order chi connectivity index (χ0) is 29.0. The molecule has 8 aromatic rings. The Morgan fingerprint density at radius 1 is 0.523 bits per heavy atom. The van der Waals surface area contributed by atoms with Crippen molar-refractivity contribution in [1.82, 2.24) is 29.1 Å². The van der Waals surface area contributed by atoms with Crippen LogP contribution >= 0.6 is 0 Å². The average molecular weight is 567 g/mol. The summed E-state index contributed by atoms with van der Waals surface area (Å²) >= 11 is 0. The Morgan fingerprint density at radius 2 is 1.25 bits per heavy atom. The smallest absolute Gasteiger partial charge is 0.117 e. The fourth-order valence-electron chi connectivity index (χ4n) is 6.68. The Morgan fingerprint density at radius 3 is 1.98 bits per heavy atom. The molecule has 0 aliphatic heterocycles. The Labute approximate surface area is 252 Å². The van der Waals surface area contributed by atoms with Gasteiger partial charge in [-0.15, -0.1) is 0 Å². The third-order valence-corrected chi connectivity index (χ3v) is 8.57. The summed E-state index contributed by atoms with van der Waals surface area (Å²) in [5, 5.41) is 3.61. The quantitative estimate of drug-likeness (QED) is 0.230. The summed E-state index contributed by atoms with van der Waals surface area (Å²) in [6.07, 6.45) is 18.1. The van der Waals surface area contributed by atoms with Gasteiger partial charge < -0.3 is 9.13 Å². The average Bonchev–Trinajstić information content (AvgIpc) is 3.62. The lowest BCUT2D eigenvalue weighted by molar-refractivity contribution is 1.02. The van der Waals surface area contributed by atoms with Crippen molar-refractivity contribution in [1.29, 1.82) is 0 Å². The molecule has 0 saturated carbocycles. The molecule has 6 heterocycles. The van der Waals surface area contributed by atoms with Gasteiger partial charge in [-0.25, -0.2) is 0 Å². The fraction of sp³-hybridized carbons (Fsp3) is 0.0526. The Bertz CT molecular complexity index is 2420. The van der Waals surface area contributed by atoms with Gasteiger partial charge in [-0.05, 0) is 78.6 Å². The van der Waals surface area contributed by atoms with Gasteiger partial charge in [0.2, 0.25) is 0 Å². The van der Waals surface area contributed by atoms with Gasteiger partial charge in [-0.1, -0.05) is 42.5 Å². The van der Waals surface area contributed by atoms with Crippen LogP contribution in [-0.2, 0) is 0 Å². The molecule has 9 rings (SSSR count). The maximum absolute atomic E-state index is 5.11. The number of hydrogen-bond acceptors (Lipinski definition) is 4. The molecule has 6 aromatic heterocycles. The van der Waals surface area contributed by atoms with Gasteiger partial charge in [0, 0.05) is 75.6 Å². The summed E-state index contributed by atoms with van der Waals surface area (Å²) in [4.78, 5) is 18.8. The van der Waals surface area contributed by atoms with E-state index in [1.807, 2.05) is 55.4 Å². The Hall–Kier alpha value is -5.88. The molecule has 0 N–H and O–H groups in total. The van der Waals surface area contributed by atoms with Crippen molar-refractivity contribution in [3.05, 3.63) is 133 Å². The molecule has 0 unspecified atom stereocenters. The van der Waals surface area contributed by atoms with E-state index in [1.54, 1.807) is 0 Å². The third-order valence-electron chi connectivity index (χ3n) is 8.57. The van der Waals surface area contributed by atoms with Crippen molar-refractivity contribution < 1.29 is 0 Å². The highest BCUT2D eigenvalue weighted by molar-refractivity contribution is 6.15. The maximum Gasteiger partial charge on any atom is 0.117 e. The number of fused-ring (bicyclic) bond motifs is 7. The number of aromatic nitrogens is 6. The van der Waals surface area contributed by atoms with Crippen LogP contribution in [0, 0.1) is 0 Å². The molecule has 208 valence electrons. The van der Waals surface area contributed by atoms with Gasteiger partial charge in [-0.2, -0.15) is 0 Å². The number of para-hydroxylation sites is 1. The molecule has 6 heteroatoms. The van der Waals surface area contributed by atoms with Crippen LogP contribution in [0.4, 0.5) is 0 Å². The third kappa shape index (κ3) is 3.74. The standard InChI is InChI=1S/C38H26N6/c1-2-11-29(12-3-1)43-33-14-5-4-13-31(33)32-24-42-36-35-34(15-8-18-41-35)44(38(36)37(32)43)30-20-27(25-9-6-16-39-22-25)19-28(21-30)26-10-7-17-40-23-26/h1-3,6-24H,4-5H2. The molecule has 6 nitrogen and oxygen atoms in total. The van der Waals surface area contributed by atoms with Crippen LogP contribution in [-0.4, -0.2) is 29.1 Å². The van der Waals surface area contributed by atoms with E-state index in [0.29, 0.717) is 0 Å². The van der Waals surface area contributed by atoms with Gasteiger partial charge in [-0.3, -0.25) is 19.9 Å². The molecular formula is C38H26N6. The Balaban J connectivity index is 1.48. The van der Waals surface area contributed by atoms with Crippen molar-refractivity contribution in [3.63, 3.8) is 0 Å². The molecular weight excluding hydrogens is 540 g/mol. The minimum absolute atomic E-state index is 0.880. The molecule has 2 aromatic carbocycles. The summed E-state index contributed by atoms with van der Waals surface area (Å²) in [5.74, 6) is 0. The number of benzene rings is 2. The summed E-state index contributed by atoms with van der Waals surface area (Å²) in [6.45, 7) is 0. The summed E-state index contributed by atoms with van der Waals surface area (Å²) < 4.78 is 4.75. The van der Waals surface area contributed by atoms with Gasteiger partial charge in [0.1, 0.15) is 11.0 Å². The summed E-state index contributed by atoms with van der Waals surface area (Å²) in [5.41, 5.74) is 11.4. The first-order chi connectivity index (χ1) is 21.8. The van der Waals surface area contributed by atoms with E-state index in [4.69, 9.17) is 9.97 Å². The first kappa shape index (κ1) is 24.7. The van der Waals surface area contributed by atoms with Crippen molar-refractivity contribution in [2.24, 2.45) is 0 Å². The summed E-state index contributed by atoms with van der Waals surface area (Å²) in [7, 11) is 0. The lowest BCUT2D eigenvalue weighted by atomic mass is 9.99. The first-order valence-electron chi connectivity index (χ1n) is 14.9. The monoisotopic (exact) mass is 566 g/mol. The second-order valence-corrected chi connectivity index (χ2v) is 11.1. The van der Waals surface area contributed by atoms with Crippen molar-refractivity contribution in [2.75, 3.05) is 0 Å². The number of rotatable bonds is 4. The van der Waals surface area contributed by atoms with E-state index in [0.717, 1.165) is 79.4 Å². The second-order valence-electron chi connectivity index (χ2n) is 11.1. The highest BCUT2D eigenvalue weighted by atomic mass is 15.1. The molecule has 0 fully saturated rings. The molecule has 1 aliphatic carbocycles. The van der Waals surface area contributed by atoms with Crippen LogP contribution in [0.2, 0.25) is 0 Å². The Kier molecular flexibility index (Phi) is 5.53.